The number of carbonyl (C=O) groups excluding carboxylic acids is 1. The largest absolute Gasteiger partial charge is 0.416 e. The molecule has 0 radical (unpaired) electrons. The van der Waals surface area contributed by atoms with E-state index in [0.717, 1.165) is 23.2 Å². The summed E-state index contributed by atoms with van der Waals surface area (Å²) in [4.78, 5) is 21.7. The van der Waals surface area contributed by atoms with Crippen LogP contribution in [0.2, 0.25) is 0 Å². The van der Waals surface area contributed by atoms with E-state index in [1.165, 1.54) is 21.8 Å². The molecule has 0 bridgehead atoms. The van der Waals surface area contributed by atoms with Crippen LogP contribution in [0.4, 0.5) is 13.2 Å². The molecule has 10 heteroatoms. The number of para-hydroxylation sites is 2. The Morgan fingerprint density at radius 1 is 1.17 bits per heavy atom. The zero-order valence-corrected chi connectivity index (χ0v) is 15.9. The number of aromatic amines is 1. The van der Waals surface area contributed by atoms with Crippen LogP contribution in [0.25, 0.3) is 11.0 Å². The quantitative estimate of drug-likeness (QED) is 0.542. The zero-order chi connectivity index (χ0) is 21.3. The number of carbonyl (C=O) groups is 1. The van der Waals surface area contributed by atoms with E-state index in [-0.39, 0.29) is 24.7 Å². The van der Waals surface area contributed by atoms with Crippen molar-refractivity contribution in [1.29, 1.82) is 0 Å². The van der Waals surface area contributed by atoms with Crippen LogP contribution in [0.5, 0.6) is 0 Å². The van der Waals surface area contributed by atoms with Gasteiger partial charge >= 0.3 is 6.18 Å². The summed E-state index contributed by atoms with van der Waals surface area (Å²) in [6.07, 6.45) is -3.00. The van der Waals surface area contributed by atoms with Gasteiger partial charge < -0.3 is 9.88 Å². The van der Waals surface area contributed by atoms with E-state index in [1.807, 2.05) is 24.3 Å². The summed E-state index contributed by atoms with van der Waals surface area (Å²) < 4.78 is 39.9. The Balaban J connectivity index is 1.44. The highest BCUT2D eigenvalue weighted by molar-refractivity contribution is 5.91. The maximum atomic E-state index is 12.9. The SMILES string of the molecule is CN(Cc1nc2ccccc2[nH]1)C(=O)c1cn(Cc2cccc(C(F)(F)F)c2)nn1. The van der Waals surface area contributed by atoms with Crippen LogP contribution in [-0.4, -0.2) is 42.8 Å². The number of rotatable bonds is 5. The van der Waals surface area contributed by atoms with Gasteiger partial charge in [-0.3, -0.25) is 4.79 Å². The number of halogens is 3. The second-order valence-corrected chi connectivity index (χ2v) is 6.86. The van der Waals surface area contributed by atoms with E-state index in [4.69, 9.17) is 0 Å². The molecular formula is C20H17F3N6O. The molecule has 0 atom stereocenters. The highest BCUT2D eigenvalue weighted by atomic mass is 19.4. The molecular weight excluding hydrogens is 397 g/mol. The molecule has 0 aliphatic rings. The summed E-state index contributed by atoms with van der Waals surface area (Å²) >= 11 is 0. The summed E-state index contributed by atoms with van der Waals surface area (Å²) in [7, 11) is 1.61. The lowest BCUT2D eigenvalue weighted by Crippen LogP contribution is -2.27. The Bertz CT molecular complexity index is 1160. The Morgan fingerprint density at radius 3 is 2.73 bits per heavy atom. The van der Waals surface area contributed by atoms with E-state index >= 15 is 0 Å². The molecule has 0 saturated heterocycles. The van der Waals surface area contributed by atoms with Crippen LogP contribution < -0.4 is 0 Å². The van der Waals surface area contributed by atoms with Crippen molar-refractivity contribution in [2.24, 2.45) is 0 Å². The minimum atomic E-state index is -4.42. The number of hydrogen-bond donors (Lipinski definition) is 1. The van der Waals surface area contributed by atoms with Crippen LogP contribution >= 0.6 is 0 Å². The van der Waals surface area contributed by atoms with Crippen molar-refractivity contribution in [2.75, 3.05) is 7.05 Å². The molecule has 2 aromatic carbocycles. The molecule has 2 aromatic heterocycles. The lowest BCUT2D eigenvalue weighted by molar-refractivity contribution is -0.137. The first-order valence-electron chi connectivity index (χ1n) is 9.05. The second-order valence-electron chi connectivity index (χ2n) is 6.86. The first kappa shape index (κ1) is 19.6. The fourth-order valence-corrected chi connectivity index (χ4v) is 3.08. The van der Waals surface area contributed by atoms with Gasteiger partial charge in [0.15, 0.2) is 5.69 Å². The van der Waals surface area contributed by atoms with Gasteiger partial charge in [-0.1, -0.05) is 29.5 Å². The molecule has 30 heavy (non-hydrogen) atoms. The molecule has 0 saturated carbocycles. The fourth-order valence-electron chi connectivity index (χ4n) is 3.08. The summed E-state index contributed by atoms with van der Waals surface area (Å²) in [6.45, 7) is 0.311. The molecule has 4 aromatic rings. The van der Waals surface area contributed by atoms with Crippen molar-refractivity contribution in [2.45, 2.75) is 19.3 Å². The molecule has 0 aliphatic heterocycles. The number of aromatic nitrogens is 5. The van der Waals surface area contributed by atoms with Crippen molar-refractivity contribution < 1.29 is 18.0 Å². The summed E-state index contributed by atoms with van der Waals surface area (Å²) in [5.74, 6) is 0.258. The number of hydrogen-bond acceptors (Lipinski definition) is 4. The van der Waals surface area contributed by atoms with Crippen molar-refractivity contribution in [3.63, 3.8) is 0 Å². The first-order chi connectivity index (χ1) is 14.3. The van der Waals surface area contributed by atoms with E-state index in [0.29, 0.717) is 11.4 Å². The van der Waals surface area contributed by atoms with Gasteiger partial charge in [0.05, 0.1) is 35.9 Å². The van der Waals surface area contributed by atoms with Crippen molar-refractivity contribution in [1.82, 2.24) is 29.9 Å². The smallest absolute Gasteiger partial charge is 0.340 e. The Morgan fingerprint density at radius 2 is 1.97 bits per heavy atom. The number of alkyl halides is 3. The molecule has 0 aliphatic carbocycles. The number of benzene rings is 2. The number of imidazole rings is 1. The predicted octanol–water partition coefficient (Wildman–Crippen LogP) is 3.49. The minimum Gasteiger partial charge on any atom is -0.340 e. The molecule has 7 nitrogen and oxygen atoms in total. The second kappa shape index (κ2) is 7.62. The van der Waals surface area contributed by atoms with E-state index in [1.54, 1.807) is 13.1 Å². The average molecular weight is 414 g/mol. The Kier molecular flexibility index (Phi) is 4.98. The van der Waals surface area contributed by atoms with Crippen LogP contribution in [0.3, 0.4) is 0 Å². The summed E-state index contributed by atoms with van der Waals surface area (Å²) in [5, 5.41) is 7.72. The molecule has 4 rings (SSSR count). The van der Waals surface area contributed by atoms with Crippen LogP contribution in [-0.2, 0) is 19.3 Å². The lowest BCUT2D eigenvalue weighted by Gasteiger charge is -2.13. The zero-order valence-electron chi connectivity index (χ0n) is 15.9. The summed E-state index contributed by atoms with van der Waals surface area (Å²) in [5.41, 5.74) is 1.45. The highest BCUT2D eigenvalue weighted by Crippen LogP contribution is 2.29. The van der Waals surface area contributed by atoms with Gasteiger partial charge in [0.2, 0.25) is 0 Å². The molecule has 2 heterocycles. The Hall–Kier alpha value is -3.69. The van der Waals surface area contributed by atoms with Gasteiger partial charge in [0.1, 0.15) is 5.82 Å². The van der Waals surface area contributed by atoms with Gasteiger partial charge in [0, 0.05) is 7.05 Å². The van der Waals surface area contributed by atoms with Crippen molar-refractivity contribution >= 4 is 16.9 Å². The van der Waals surface area contributed by atoms with Crippen LogP contribution in [0.15, 0.2) is 54.7 Å². The molecule has 0 spiro atoms. The monoisotopic (exact) mass is 414 g/mol. The Labute approximate surface area is 169 Å². The molecule has 0 fully saturated rings. The minimum absolute atomic E-state index is 0.0670. The van der Waals surface area contributed by atoms with Gasteiger partial charge in [-0.05, 0) is 29.8 Å². The number of nitrogens with one attached hydrogen (secondary N) is 1. The van der Waals surface area contributed by atoms with Crippen molar-refractivity contribution in [3.8, 4) is 0 Å². The third-order valence-electron chi connectivity index (χ3n) is 4.53. The molecule has 1 N–H and O–H groups in total. The topological polar surface area (TPSA) is 79.7 Å². The number of amides is 1. The lowest BCUT2D eigenvalue weighted by atomic mass is 10.1. The van der Waals surface area contributed by atoms with Crippen LogP contribution in [0.1, 0.15) is 27.4 Å². The number of H-pyrrole nitrogens is 1. The highest BCUT2D eigenvalue weighted by Gasteiger charge is 2.30. The molecule has 154 valence electrons. The third-order valence-corrected chi connectivity index (χ3v) is 4.53. The summed E-state index contributed by atoms with van der Waals surface area (Å²) in [6, 6.07) is 12.5. The fraction of sp³-hybridized carbons (Fsp3) is 0.200. The van der Waals surface area contributed by atoms with Gasteiger partial charge in [0.25, 0.3) is 5.91 Å². The first-order valence-corrected chi connectivity index (χ1v) is 9.05. The maximum Gasteiger partial charge on any atom is 0.416 e. The maximum absolute atomic E-state index is 12.9. The van der Waals surface area contributed by atoms with E-state index < -0.39 is 11.7 Å². The van der Waals surface area contributed by atoms with E-state index in [9.17, 15) is 18.0 Å². The predicted molar refractivity (Wildman–Crippen MR) is 102 cm³/mol. The molecule has 1 amide bonds. The van der Waals surface area contributed by atoms with Crippen molar-refractivity contribution in [3.05, 3.63) is 77.4 Å². The van der Waals surface area contributed by atoms with Crippen LogP contribution in [0, 0.1) is 0 Å². The van der Waals surface area contributed by atoms with Gasteiger partial charge in [-0.25, -0.2) is 9.67 Å². The standard InChI is InChI=1S/C20H17F3N6O/c1-28(12-18-24-15-7-2-3-8-16(15)25-18)19(30)17-11-29(27-26-17)10-13-5-4-6-14(9-13)20(21,22)23/h2-9,11H,10,12H2,1H3,(H,24,25). The molecule has 0 unspecified atom stereocenters. The van der Waals surface area contributed by atoms with Gasteiger partial charge in [-0.15, -0.1) is 5.10 Å². The number of nitrogens with zero attached hydrogens (tertiary/aromatic N) is 5. The van der Waals surface area contributed by atoms with E-state index in [2.05, 4.69) is 20.3 Å². The normalized spacial score (nSPS) is 11.7. The number of fused-ring (bicyclic) bond motifs is 1. The average Bonchev–Trinajstić information content (AvgIpc) is 3.33. The van der Waals surface area contributed by atoms with Gasteiger partial charge in [-0.2, -0.15) is 13.2 Å². The third kappa shape index (κ3) is 4.17.